The predicted molar refractivity (Wildman–Crippen MR) is 111 cm³/mol. The summed E-state index contributed by atoms with van der Waals surface area (Å²) >= 11 is 0. The van der Waals surface area contributed by atoms with Crippen molar-refractivity contribution < 1.29 is 14.1 Å². The monoisotopic (exact) mass is 414 g/mol. The van der Waals surface area contributed by atoms with Crippen LogP contribution in [0.5, 0.6) is 5.75 Å². The highest BCUT2D eigenvalue weighted by Crippen LogP contribution is 2.38. The summed E-state index contributed by atoms with van der Waals surface area (Å²) in [5.41, 5.74) is 8.59. The predicted octanol–water partition coefficient (Wildman–Crippen LogP) is 3.89. The molecule has 0 bridgehead atoms. The normalized spacial score (nSPS) is 14.0. The van der Waals surface area contributed by atoms with Crippen molar-refractivity contribution in [3.05, 3.63) is 71.4 Å². The minimum atomic E-state index is -0.726. The number of carbonyl (C=O) groups is 1. The Bertz CT molecular complexity index is 953. The first-order valence-electron chi connectivity index (χ1n) is 9.27. The number of anilines is 1. The quantitative estimate of drug-likeness (QED) is 0.607. The molecule has 1 fully saturated rings. The van der Waals surface area contributed by atoms with E-state index in [1.165, 1.54) is 0 Å². The highest BCUT2D eigenvalue weighted by molar-refractivity contribution is 5.95. The van der Waals surface area contributed by atoms with Crippen LogP contribution in [0.15, 0.2) is 53.1 Å². The third-order valence-electron chi connectivity index (χ3n) is 4.62. The van der Waals surface area contributed by atoms with Crippen molar-refractivity contribution in [3.8, 4) is 5.75 Å². The number of carbonyl (C=O) groups excluding carboxylic acids is 1. The van der Waals surface area contributed by atoms with Crippen molar-refractivity contribution in [1.82, 2.24) is 10.1 Å². The Kier molecular flexibility index (Phi) is 6.51. The van der Waals surface area contributed by atoms with Gasteiger partial charge in [-0.2, -0.15) is 4.98 Å². The Labute approximate surface area is 175 Å². The molecule has 0 radical (unpaired) electrons. The zero-order valence-electron chi connectivity index (χ0n) is 16.0. The van der Waals surface area contributed by atoms with Crippen molar-refractivity contribution in [3.63, 3.8) is 0 Å². The lowest BCUT2D eigenvalue weighted by Crippen LogP contribution is -2.27. The second-order valence-corrected chi connectivity index (χ2v) is 7.01. The molecule has 1 amide bonds. The summed E-state index contributed by atoms with van der Waals surface area (Å²) in [5, 5.41) is 6.74. The minimum Gasteiger partial charge on any atom is -0.485 e. The van der Waals surface area contributed by atoms with Gasteiger partial charge in [0.2, 0.25) is 17.6 Å². The first-order valence-corrected chi connectivity index (χ1v) is 9.27. The van der Waals surface area contributed by atoms with Gasteiger partial charge in [0.25, 0.3) is 0 Å². The smallest absolute Gasteiger partial charge is 0.245 e. The van der Waals surface area contributed by atoms with Crippen molar-refractivity contribution in [2.75, 3.05) is 5.32 Å². The molecule has 3 aromatic rings. The first-order chi connectivity index (χ1) is 13.6. The van der Waals surface area contributed by atoms with Gasteiger partial charge in [0.05, 0.1) is 0 Å². The van der Waals surface area contributed by atoms with Crippen molar-refractivity contribution in [2.45, 2.75) is 38.3 Å². The van der Waals surface area contributed by atoms with E-state index < -0.39 is 6.04 Å². The van der Waals surface area contributed by atoms with Gasteiger partial charge in [-0.05, 0) is 49.6 Å². The maximum absolute atomic E-state index is 12.4. The van der Waals surface area contributed by atoms with Crippen molar-refractivity contribution in [2.24, 2.45) is 5.73 Å². The summed E-state index contributed by atoms with van der Waals surface area (Å²) in [5.74, 6) is 2.04. The molecule has 1 heterocycles. The van der Waals surface area contributed by atoms with Crippen LogP contribution >= 0.6 is 12.4 Å². The lowest BCUT2D eigenvalue weighted by molar-refractivity contribution is -0.117. The molecule has 1 atom stereocenters. The van der Waals surface area contributed by atoms with E-state index in [0.717, 1.165) is 24.0 Å². The van der Waals surface area contributed by atoms with Crippen LogP contribution < -0.4 is 15.8 Å². The fraction of sp³-hybridized carbons (Fsp3) is 0.286. The Hall–Kier alpha value is -2.90. The molecule has 0 saturated heterocycles. The van der Waals surface area contributed by atoms with Gasteiger partial charge in [0, 0.05) is 11.6 Å². The maximum Gasteiger partial charge on any atom is 0.245 e. The van der Waals surface area contributed by atoms with Gasteiger partial charge >= 0.3 is 0 Å². The number of halogens is 1. The molecule has 4 rings (SSSR count). The molecule has 1 unspecified atom stereocenters. The number of amides is 1. The molecule has 1 aromatic heterocycles. The Balaban J connectivity index is 0.00000240. The van der Waals surface area contributed by atoms with Gasteiger partial charge in [0.1, 0.15) is 11.8 Å². The van der Waals surface area contributed by atoms with E-state index in [1.807, 2.05) is 31.2 Å². The van der Waals surface area contributed by atoms with Crippen molar-refractivity contribution in [1.29, 1.82) is 0 Å². The fourth-order valence-electron chi connectivity index (χ4n) is 2.75. The molecule has 1 aliphatic carbocycles. The molecule has 0 spiro atoms. The van der Waals surface area contributed by atoms with Crippen LogP contribution in [0, 0.1) is 6.92 Å². The third kappa shape index (κ3) is 5.34. The molecule has 7 nitrogen and oxygen atoms in total. The molecule has 0 aliphatic heterocycles. The van der Waals surface area contributed by atoms with Gasteiger partial charge < -0.3 is 20.3 Å². The standard InChI is InChI=1S/C21H22N4O3.ClH/c1-13-2-4-14(5-3-13)19(22)20(26)23-16-8-10-17(11-9-16)27-12-18-24-21(28-25-18)15-6-7-15;/h2-5,8-11,15,19H,6-7,12,22H2,1H3,(H,23,26);1H. The highest BCUT2D eigenvalue weighted by Gasteiger charge is 2.29. The number of rotatable bonds is 7. The van der Waals surface area contributed by atoms with E-state index in [9.17, 15) is 4.79 Å². The van der Waals surface area contributed by atoms with E-state index in [1.54, 1.807) is 24.3 Å². The number of nitrogens with one attached hydrogen (secondary N) is 1. The molecule has 8 heteroatoms. The number of ether oxygens (including phenoxy) is 1. The number of aryl methyl sites for hydroxylation is 1. The molecule has 3 N–H and O–H groups in total. The second kappa shape index (κ2) is 9.07. The van der Waals surface area contributed by atoms with E-state index in [2.05, 4.69) is 15.5 Å². The summed E-state index contributed by atoms with van der Waals surface area (Å²) in [4.78, 5) is 16.7. The van der Waals surface area contributed by atoms with E-state index in [-0.39, 0.29) is 24.9 Å². The largest absolute Gasteiger partial charge is 0.485 e. The molecular formula is C21H23ClN4O3. The topological polar surface area (TPSA) is 103 Å². The number of hydrogen-bond acceptors (Lipinski definition) is 6. The van der Waals surface area contributed by atoms with Crippen molar-refractivity contribution >= 4 is 24.0 Å². The van der Waals surface area contributed by atoms with E-state index >= 15 is 0 Å². The van der Waals surface area contributed by atoms with Gasteiger partial charge in [-0.15, -0.1) is 12.4 Å². The molecule has 152 valence electrons. The number of nitrogens with zero attached hydrogens (tertiary/aromatic N) is 2. The molecule has 1 aliphatic rings. The zero-order valence-corrected chi connectivity index (χ0v) is 16.8. The lowest BCUT2D eigenvalue weighted by atomic mass is 10.1. The summed E-state index contributed by atoms with van der Waals surface area (Å²) in [6.45, 7) is 2.23. The number of aromatic nitrogens is 2. The highest BCUT2D eigenvalue weighted by atomic mass is 35.5. The van der Waals surface area contributed by atoms with Crippen LogP contribution in [-0.4, -0.2) is 16.0 Å². The van der Waals surface area contributed by atoms with Crippen LogP contribution in [0.1, 0.15) is 47.6 Å². The average Bonchev–Trinajstić information content (AvgIpc) is 3.45. The van der Waals surface area contributed by atoms with Crippen LogP contribution in [-0.2, 0) is 11.4 Å². The first kappa shape index (κ1) is 20.8. The number of nitrogens with two attached hydrogens (primary N) is 1. The summed E-state index contributed by atoms with van der Waals surface area (Å²) in [7, 11) is 0. The fourth-order valence-corrected chi connectivity index (χ4v) is 2.75. The number of benzene rings is 2. The SMILES string of the molecule is Cc1ccc(C(N)C(=O)Nc2ccc(OCc3noc(C4CC4)n3)cc2)cc1.Cl. The van der Waals surface area contributed by atoms with Gasteiger partial charge in [-0.25, -0.2) is 0 Å². The van der Waals surface area contributed by atoms with Gasteiger partial charge in [0.15, 0.2) is 6.61 Å². The second-order valence-electron chi connectivity index (χ2n) is 7.01. The Morgan fingerprint density at radius 2 is 1.90 bits per heavy atom. The van der Waals surface area contributed by atoms with Crippen LogP contribution in [0.25, 0.3) is 0 Å². The van der Waals surface area contributed by atoms with Gasteiger partial charge in [-0.3, -0.25) is 4.79 Å². The summed E-state index contributed by atoms with van der Waals surface area (Å²) < 4.78 is 10.9. The van der Waals surface area contributed by atoms with Crippen LogP contribution in [0.4, 0.5) is 5.69 Å². The zero-order chi connectivity index (χ0) is 19.5. The molecule has 1 saturated carbocycles. The third-order valence-corrected chi connectivity index (χ3v) is 4.62. The van der Waals surface area contributed by atoms with Gasteiger partial charge in [-0.1, -0.05) is 35.0 Å². The molecular weight excluding hydrogens is 392 g/mol. The number of hydrogen-bond donors (Lipinski definition) is 2. The van der Waals surface area contributed by atoms with Crippen LogP contribution in [0.3, 0.4) is 0 Å². The summed E-state index contributed by atoms with van der Waals surface area (Å²) in [6, 6.07) is 13.9. The Morgan fingerprint density at radius 1 is 1.21 bits per heavy atom. The molecule has 2 aromatic carbocycles. The van der Waals surface area contributed by atoms with E-state index in [0.29, 0.717) is 29.1 Å². The minimum absolute atomic E-state index is 0. The molecule has 29 heavy (non-hydrogen) atoms. The van der Waals surface area contributed by atoms with Crippen LogP contribution in [0.2, 0.25) is 0 Å². The maximum atomic E-state index is 12.4. The van der Waals surface area contributed by atoms with E-state index in [4.69, 9.17) is 15.0 Å². The lowest BCUT2D eigenvalue weighted by Gasteiger charge is -2.13. The average molecular weight is 415 g/mol. The Morgan fingerprint density at radius 3 is 2.55 bits per heavy atom. The summed E-state index contributed by atoms with van der Waals surface area (Å²) in [6.07, 6.45) is 2.23.